The van der Waals surface area contributed by atoms with E-state index in [1.165, 1.54) is 59.5 Å². The fraction of sp³-hybridized carbons (Fsp3) is 0.259. The van der Waals surface area contributed by atoms with Crippen molar-refractivity contribution in [2.75, 3.05) is 6.54 Å². The molecule has 0 aromatic heterocycles. The van der Waals surface area contributed by atoms with Gasteiger partial charge in [-0.05, 0) is 53.9 Å². The molecule has 0 bridgehead atoms. The molecule has 0 saturated carbocycles. The first-order valence-electron chi connectivity index (χ1n) is 11.2. The molecular formula is C27H24F3NO4. The van der Waals surface area contributed by atoms with Gasteiger partial charge in [0.2, 0.25) is 0 Å². The predicted molar refractivity (Wildman–Crippen MR) is 123 cm³/mol. The zero-order chi connectivity index (χ0) is 25.2. The molecular weight excluding hydrogens is 459 g/mol. The van der Waals surface area contributed by atoms with Crippen molar-refractivity contribution in [1.82, 2.24) is 4.90 Å². The number of amides is 1. The van der Waals surface area contributed by atoms with Crippen molar-refractivity contribution in [3.63, 3.8) is 0 Å². The lowest BCUT2D eigenvalue weighted by Crippen LogP contribution is -2.49. The van der Waals surface area contributed by atoms with E-state index in [2.05, 4.69) is 0 Å². The maximum absolute atomic E-state index is 14.9. The summed E-state index contributed by atoms with van der Waals surface area (Å²) in [6.45, 7) is 1.98. The third kappa shape index (κ3) is 5.16. The molecule has 4 rings (SSSR count). The molecule has 1 fully saturated rings. The van der Waals surface area contributed by atoms with Crippen molar-refractivity contribution in [2.45, 2.75) is 37.8 Å². The van der Waals surface area contributed by atoms with Crippen LogP contribution in [0.3, 0.4) is 0 Å². The van der Waals surface area contributed by atoms with Gasteiger partial charge in [0.1, 0.15) is 23.1 Å². The van der Waals surface area contributed by atoms with Crippen LogP contribution in [0.2, 0.25) is 0 Å². The topological polar surface area (TPSA) is 66.8 Å². The first-order chi connectivity index (χ1) is 16.7. The number of hydrogen-bond donors (Lipinski definition) is 1. The Hall–Kier alpha value is -3.81. The second kappa shape index (κ2) is 9.82. The van der Waals surface area contributed by atoms with E-state index >= 15 is 0 Å². The van der Waals surface area contributed by atoms with Crippen LogP contribution < -0.4 is 0 Å². The highest BCUT2D eigenvalue weighted by atomic mass is 19.1. The summed E-state index contributed by atoms with van der Waals surface area (Å²) in [7, 11) is 0. The Morgan fingerprint density at radius 3 is 2.23 bits per heavy atom. The Morgan fingerprint density at radius 1 is 1.03 bits per heavy atom. The molecule has 182 valence electrons. The molecule has 3 aromatic rings. The number of carbonyl (C=O) groups is 2. The molecule has 1 saturated heterocycles. The van der Waals surface area contributed by atoms with Crippen LogP contribution in [0.25, 0.3) is 11.1 Å². The smallest absolute Gasteiger partial charge is 0.411 e. The SMILES string of the molecule is C[C@@H](c1ccc(-c2ccc(F)cc2)c(F)c1)N1CC[C@@](CCC(=O)O)(c2ccc(F)cc2)OC1=O. The van der Waals surface area contributed by atoms with E-state index in [0.717, 1.165) is 0 Å². The monoisotopic (exact) mass is 483 g/mol. The van der Waals surface area contributed by atoms with Gasteiger partial charge in [0.25, 0.3) is 0 Å². The van der Waals surface area contributed by atoms with Crippen molar-refractivity contribution in [1.29, 1.82) is 0 Å². The lowest BCUT2D eigenvalue weighted by atomic mass is 9.84. The Balaban J connectivity index is 1.55. The summed E-state index contributed by atoms with van der Waals surface area (Å²) in [4.78, 5) is 25.7. The van der Waals surface area contributed by atoms with Gasteiger partial charge < -0.3 is 14.7 Å². The number of ether oxygens (including phenoxy) is 1. The fourth-order valence-corrected chi connectivity index (χ4v) is 4.44. The molecule has 1 amide bonds. The van der Waals surface area contributed by atoms with E-state index in [1.807, 2.05) is 0 Å². The third-order valence-electron chi connectivity index (χ3n) is 6.49. The van der Waals surface area contributed by atoms with Crippen molar-refractivity contribution in [3.05, 3.63) is 95.3 Å². The van der Waals surface area contributed by atoms with Crippen LogP contribution in [0.15, 0.2) is 66.7 Å². The molecule has 5 nitrogen and oxygen atoms in total. The summed E-state index contributed by atoms with van der Waals surface area (Å²) in [6.07, 6.45) is -0.557. The van der Waals surface area contributed by atoms with E-state index in [-0.39, 0.29) is 25.8 Å². The number of nitrogens with zero attached hydrogens (tertiary/aromatic N) is 1. The first-order valence-corrected chi connectivity index (χ1v) is 11.2. The van der Waals surface area contributed by atoms with E-state index in [4.69, 9.17) is 4.74 Å². The number of aliphatic carboxylic acids is 1. The normalized spacial score (nSPS) is 18.7. The number of carbonyl (C=O) groups excluding carboxylic acids is 1. The number of carboxylic acid groups (broad SMARTS) is 1. The minimum absolute atomic E-state index is 0.0446. The molecule has 0 aliphatic carbocycles. The molecule has 8 heteroatoms. The van der Waals surface area contributed by atoms with Gasteiger partial charge in [0, 0.05) is 31.4 Å². The molecule has 1 aliphatic rings. The highest BCUT2D eigenvalue weighted by molar-refractivity contribution is 5.71. The van der Waals surface area contributed by atoms with Crippen LogP contribution >= 0.6 is 0 Å². The lowest BCUT2D eigenvalue weighted by molar-refractivity contribution is -0.139. The molecule has 1 heterocycles. The van der Waals surface area contributed by atoms with Crippen molar-refractivity contribution in [2.24, 2.45) is 0 Å². The van der Waals surface area contributed by atoms with Gasteiger partial charge in [0.15, 0.2) is 0 Å². The molecule has 35 heavy (non-hydrogen) atoms. The summed E-state index contributed by atoms with van der Waals surface area (Å²) in [5, 5.41) is 9.18. The van der Waals surface area contributed by atoms with Crippen LogP contribution in [0.1, 0.15) is 43.4 Å². The molecule has 1 aliphatic heterocycles. The minimum atomic E-state index is -1.20. The number of hydrogen-bond acceptors (Lipinski definition) is 3. The summed E-state index contributed by atoms with van der Waals surface area (Å²) in [5.74, 6) is -2.41. The van der Waals surface area contributed by atoms with Crippen LogP contribution in [0, 0.1) is 17.5 Å². The number of cyclic esters (lactones) is 1. The number of rotatable bonds is 7. The molecule has 0 spiro atoms. The van der Waals surface area contributed by atoms with Crippen molar-refractivity contribution in [3.8, 4) is 11.1 Å². The van der Waals surface area contributed by atoms with Gasteiger partial charge in [-0.3, -0.25) is 4.79 Å². The summed E-state index contributed by atoms with van der Waals surface area (Å²) >= 11 is 0. The lowest BCUT2D eigenvalue weighted by Gasteiger charge is -2.43. The fourth-order valence-electron chi connectivity index (χ4n) is 4.44. The van der Waals surface area contributed by atoms with Crippen LogP contribution in [0.4, 0.5) is 18.0 Å². The van der Waals surface area contributed by atoms with E-state index in [1.54, 1.807) is 19.1 Å². The van der Waals surface area contributed by atoms with Crippen molar-refractivity contribution < 1.29 is 32.6 Å². The van der Waals surface area contributed by atoms with Crippen LogP contribution in [-0.2, 0) is 15.1 Å². The highest BCUT2D eigenvalue weighted by Gasteiger charge is 2.43. The largest absolute Gasteiger partial charge is 0.481 e. The van der Waals surface area contributed by atoms with Crippen LogP contribution in [-0.4, -0.2) is 28.6 Å². The second-order valence-corrected chi connectivity index (χ2v) is 8.63. The first kappa shape index (κ1) is 24.3. The summed E-state index contributed by atoms with van der Waals surface area (Å²) in [5.41, 5.74) is 0.715. The Labute approximate surface area is 200 Å². The van der Waals surface area contributed by atoms with E-state index in [9.17, 15) is 27.9 Å². The van der Waals surface area contributed by atoms with Gasteiger partial charge in [-0.1, -0.05) is 36.4 Å². The van der Waals surface area contributed by atoms with Gasteiger partial charge in [-0.15, -0.1) is 0 Å². The minimum Gasteiger partial charge on any atom is -0.481 e. The molecule has 3 aromatic carbocycles. The second-order valence-electron chi connectivity index (χ2n) is 8.63. The van der Waals surface area contributed by atoms with Gasteiger partial charge >= 0.3 is 12.1 Å². The van der Waals surface area contributed by atoms with Gasteiger partial charge in [0.05, 0.1) is 6.04 Å². The molecule has 0 unspecified atom stereocenters. The quantitative estimate of drug-likeness (QED) is 0.420. The summed E-state index contributed by atoms with van der Waals surface area (Å²) < 4.78 is 47.4. The van der Waals surface area contributed by atoms with E-state index < -0.39 is 41.2 Å². The Kier molecular flexibility index (Phi) is 6.82. The highest BCUT2D eigenvalue weighted by Crippen LogP contribution is 2.40. The van der Waals surface area contributed by atoms with E-state index in [0.29, 0.717) is 22.3 Å². The zero-order valence-corrected chi connectivity index (χ0v) is 19.0. The average molecular weight is 483 g/mol. The maximum Gasteiger partial charge on any atom is 0.411 e. The average Bonchev–Trinajstić information content (AvgIpc) is 2.83. The molecule has 2 atom stereocenters. The predicted octanol–water partition coefficient (Wildman–Crippen LogP) is 6.43. The molecule has 0 radical (unpaired) electrons. The number of benzene rings is 3. The van der Waals surface area contributed by atoms with Crippen molar-refractivity contribution >= 4 is 12.1 Å². The van der Waals surface area contributed by atoms with Gasteiger partial charge in [-0.2, -0.15) is 0 Å². The Bertz CT molecular complexity index is 1230. The third-order valence-corrected chi connectivity index (χ3v) is 6.49. The molecule has 1 N–H and O–H groups in total. The number of halogens is 3. The Morgan fingerprint density at radius 2 is 1.66 bits per heavy atom. The zero-order valence-electron chi connectivity index (χ0n) is 19.0. The summed E-state index contributed by atoms with van der Waals surface area (Å²) in [6, 6.07) is 15.1. The van der Waals surface area contributed by atoms with Gasteiger partial charge in [-0.25, -0.2) is 18.0 Å². The maximum atomic E-state index is 14.9. The number of carboxylic acids is 1. The standard InChI is InChI=1S/C27H24F3NO4/c1-17(19-4-11-23(24(30)16-19)18-2-7-21(28)8-3-18)31-15-14-27(35-26(31)34,13-12-25(32)33)20-5-9-22(29)10-6-20/h2-11,16-17H,12-15H2,1H3,(H,32,33)/t17-,27-/m0/s1. The van der Waals surface area contributed by atoms with Crippen LogP contribution in [0.5, 0.6) is 0 Å².